The molecular weight excluding hydrogens is 301 g/mol. The number of nitrogens with one attached hydrogen (secondary N) is 1. The molecule has 1 aromatic carbocycles. The maximum absolute atomic E-state index is 6.16. The maximum atomic E-state index is 6.16. The van der Waals surface area contributed by atoms with Crippen LogP contribution in [0.2, 0.25) is 10.0 Å². The summed E-state index contributed by atoms with van der Waals surface area (Å²) in [6, 6.07) is 6.74. The molecule has 1 saturated carbocycles. The van der Waals surface area contributed by atoms with E-state index < -0.39 is 0 Å². The van der Waals surface area contributed by atoms with Gasteiger partial charge in [-0.2, -0.15) is 0 Å². The highest BCUT2D eigenvalue weighted by Crippen LogP contribution is 2.35. The Balaban J connectivity index is 2.05. The van der Waals surface area contributed by atoms with Crippen LogP contribution in [0.4, 0.5) is 0 Å². The zero-order valence-electron chi connectivity index (χ0n) is 13.2. The molecule has 3 heteroatoms. The summed E-state index contributed by atoms with van der Waals surface area (Å²) in [5, 5.41) is 5.01. The normalized spacial score (nSPS) is 26.0. The molecule has 0 heterocycles. The van der Waals surface area contributed by atoms with Gasteiger partial charge in [-0.05, 0) is 61.8 Å². The van der Waals surface area contributed by atoms with E-state index in [1.807, 2.05) is 12.1 Å². The Bertz CT molecular complexity index is 447. The van der Waals surface area contributed by atoms with E-state index in [0.717, 1.165) is 18.9 Å². The first-order valence-electron chi connectivity index (χ1n) is 8.31. The van der Waals surface area contributed by atoms with Gasteiger partial charge in [-0.25, -0.2) is 0 Å². The summed E-state index contributed by atoms with van der Waals surface area (Å²) in [5.41, 5.74) is 1.31. The van der Waals surface area contributed by atoms with Gasteiger partial charge in [-0.15, -0.1) is 0 Å². The zero-order valence-corrected chi connectivity index (χ0v) is 14.7. The molecule has 1 aliphatic rings. The van der Waals surface area contributed by atoms with Crippen molar-refractivity contribution in [2.75, 3.05) is 6.54 Å². The van der Waals surface area contributed by atoms with Gasteiger partial charge in [0.25, 0.3) is 0 Å². The van der Waals surface area contributed by atoms with Gasteiger partial charge in [0.1, 0.15) is 0 Å². The van der Waals surface area contributed by atoms with Crippen molar-refractivity contribution >= 4 is 23.2 Å². The molecule has 0 amide bonds. The summed E-state index contributed by atoms with van der Waals surface area (Å²) in [7, 11) is 0. The molecule has 1 N–H and O–H groups in total. The Morgan fingerprint density at radius 1 is 1.14 bits per heavy atom. The summed E-state index contributed by atoms with van der Waals surface area (Å²) < 4.78 is 0. The van der Waals surface area contributed by atoms with Crippen molar-refractivity contribution in [1.82, 2.24) is 5.32 Å². The molecule has 0 radical (unpaired) electrons. The summed E-state index contributed by atoms with van der Waals surface area (Å²) in [6.07, 6.45) is 7.81. The predicted molar refractivity (Wildman–Crippen MR) is 93.4 cm³/mol. The van der Waals surface area contributed by atoms with Crippen LogP contribution < -0.4 is 5.32 Å². The maximum Gasteiger partial charge on any atom is 0.0595 e. The molecule has 21 heavy (non-hydrogen) atoms. The van der Waals surface area contributed by atoms with Gasteiger partial charge in [0.2, 0.25) is 0 Å². The fraction of sp³-hybridized carbons (Fsp3) is 0.667. The van der Waals surface area contributed by atoms with E-state index in [9.17, 15) is 0 Å². The SMILES string of the molecule is CCCC1CCC(NCC)C(Cc2ccc(Cl)c(Cl)c2)C1. The molecule has 1 aliphatic carbocycles. The van der Waals surface area contributed by atoms with Crippen LogP contribution in [0.3, 0.4) is 0 Å². The van der Waals surface area contributed by atoms with Crippen molar-refractivity contribution in [1.29, 1.82) is 0 Å². The van der Waals surface area contributed by atoms with Crippen LogP contribution >= 0.6 is 23.2 Å². The summed E-state index contributed by atoms with van der Waals surface area (Å²) in [5.74, 6) is 1.62. The van der Waals surface area contributed by atoms with Crippen molar-refractivity contribution in [2.24, 2.45) is 11.8 Å². The highest BCUT2D eigenvalue weighted by molar-refractivity contribution is 6.42. The minimum Gasteiger partial charge on any atom is -0.314 e. The molecule has 1 nitrogen and oxygen atoms in total. The van der Waals surface area contributed by atoms with Crippen LogP contribution in [0.15, 0.2) is 18.2 Å². The second kappa shape index (κ2) is 8.41. The molecule has 1 fully saturated rings. The van der Waals surface area contributed by atoms with Gasteiger partial charge in [0.05, 0.1) is 10.0 Å². The smallest absolute Gasteiger partial charge is 0.0595 e. The Labute approximate surface area is 139 Å². The van der Waals surface area contributed by atoms with Crippen molar-refractivity contribution < 1.29 is 0 Å². The zero-order chi connectivity index (χ0) is 15.2. The van der Waals surface area contributed by atoms with E-state index in [-0.39, 0.29) is 0 Å². The first-order chi connectivity index (χ1) is 10.1. The fourth-order valence-corrected chi connectivity index (χ4v) is 4.08. The summed E-state index contributed by atoms with van der Waals surface area (Å²) in [6.45, 7) is 5.56. The second-order valence-corrected chi connectivity index (χ2v) is 7.16. The minimum absolute atomic E-state index is 0.649. The van der Waals surface area contributed by atoms with E-state index in [2.05, 4.69) is 25.2 Å². The van der Waals surface area contributed by atoms with Gasteiger partial charge in [-0.1, -0.05) is 56.0 Å². The lowest BCUT2D eigenvalue weighted by atomic mass is 9.74. The van der Waals surface area contributed by atoms with E-state index in [0.29, 0.717) is 22.0 Å². The third-order valence-corrected chi connectivity index (χ3v) is 5.48. The van der Waals surface area contributed by atoms with Crippen LogP contribution in [0.1, 0.15) is 51.5 Å². The van der Waals surface area contributed by atoms with Crippen molar-refractivity contribution in [2.45, 2.75) is 58.4 Å². The monoisotopic (exact) mass is 327 g/mol. The quantitative estimate of drug-likeness (QED) is 0.703. The van der Waals surface area contributed by atoms with Gasteiger partial charge >= 0.3 is 0 Å². The number of hydrogen-bond donors (Lipinski definition) is 1. The molecule has 1 aromatic rings. The highest BCUT2D eigenvalue weighted by Gasteiger charge is 2.29. The minimum atomic E-state index is 0.649. The average molecular weight is 328 g/mol. The van der Waals surface area contributed by atoms with Gasteiger partial charge in [-0.3, -0.25) is 0 Å². The van der Waals surface area contributed by atoms with Crippen LogP contribution in [0.25, 0.3) is 0 Å². The molecule has 118 valence electrons. The Kier molecular flexibility index (Phi) is 6.85. The molecular formula is C18H27Cl2N. The number of rotatable bonds is 6. The average Bonchev–Trinajstić information content (AvgIpc) is 2.46. The molecule has 3 atom stereocenters. The summed E-state index contributed by atoms with van der Waals surface area (Å²) in [4.78, 5) is 0. The van der Waals surface area contributed by atoms with E-state index in [4.69, 9.17) is 23.2 Å². The third-order valence-electron chi connectivity index (χ3n) is 4.74. The molecule has 0 spiro atoms. The molecule has 2 rings (SSSR count). The lowest BCUT2D eigenvalue weighted by molar-refractivity contribution is 0.195. The summed E-state index contributed by atoms with van der Waals surface area (Å²) >= 11 is 12.2. The molecule has 0 aromatic heterocycles. The van der Waals surface area contributed by atoms with E-state index in [1.54, 1.807) is 0 Å². The fourth-order valence-electron chi connectivity index (χ4n) is 3.76. The van der Waals surface area contributed by atoms with Crippen molar-refractivity contribution in [3.05, 3.63) is 33.8 Å². The standard InChI is InChI=1S/C18H27Cl2N/c1-3-5-13-7-9-18(21-4-2)15(10-13)11-14-6-8-16(19)17(20)12-14/h6,8,12-13,15,18,21H,3-5,7,9-11H2,1-2H3. The topological polar surface area (TPSA) is 12.0 Å². The first-order valence-corrected chi connectivity index (χ1v) is 9.06. The highest BCUT2D eigenvalue weighted by atomic mass is 35.5. The molecule has 0 saturated heterocycles. The van der Waals surface area contributed by atoms with Crippen LogP contribution in [-0.2, 0) is 6.42 Å². The van der Waals surface area contributed by atoms with Crippen LogP contribution in [-0.4, -0.2) is 12.6 Å². The Morgan fingerprint density at radius 2 is 1.95 bits per heavy atom. The Morgan fingerprint density at radius 3 is 2.62 bits per heavy atom. The number of benzene rings is 1. The molecule has 3 unspecified atom stereocenters. The second-order valence-electron chi connectivity index (χ2n) is 6.34. The van der Waals surface area contributed by atoms with Crippen LogP contribution in [0.5, 0.6) is 0 Å². The largest absolute Gasteiger partial charge is 0.314 e. The van der Waals surface area contributed by atoms with Crippen LogP contribution in [0, 0.1) is 11.8 Å². The Hall–Kier alpha value is -0.240. The van der Waals surface area contributed by atoms with Crippen molar-refractivity contribution in [3.8, 4) is 0 Å². The lowest BCUT2D eigenvalue weighted by Gasteiger charge is -2.37. The molecule has 0 bridgehead atoms. The third kappa shape index (κ3) is 4.87. The number of hydrogen-bond acceptors (Lipinski definition) is 1. The lowest BCUT2D eigenvalue weighted by Crippen LogP contribution is -2.41. The first kappa shape index (κ1) is 17.1. The van der Waals surface area contributed by atoms with Crippen molar-refractivity contribution in [3.63, 3.8) is 0 Å². The number of halogens is 2. The van der Waals surface area contributed by atoms with Gasteiger partial charge in [0.15, 0.2) is 0 Å². The van der Waals surface area contributed by atoms with E-state index >= 15 is 0 Å². The van der Waals surface area contributed by atoms with Gasteiger partial charge in [0, 0.05) is 6.04 Å². The predicted octanol–water partition coefficient (Wildman–Crippen LogP) is 5.73. The van der Waals surface area contributed by atoms with E-state index in [1.165, 1.54) is 37.7 Å². The van der Waals surface area contributed by atoms with Gasteiger partial charge < -0.3 is 5.32 Å². The molecule has 0 aliphatic heterocycles.